The van der Waals surface area contributed by atoms with Crippen LogP contribution in [0.4, 0.5) is 0 Å². The highest BCUT2D eigenvalue weighted by molar-refractivity contribution is 7.16. The fourth-order valence-electron chi connectivity index (χ4n) is 2.67. The quantitative estimate of drug-likeness (QED) is 0.341. The van der Waals surface area contributed by atoms with Gasteiger partial charge in [0.15, 0.2) is 5.96 Å². The molecule has 0 aliphatic carbocycles. The minimum Gasteiger partial charge on any atom is -0.473 e. The van der Waals surface area contributed by atoms with Gasteiger partial charge in [0.2, 0.25) is 5.88 Å². The van der Waals surface area contributed by atoms with Gasteiger partial charge in [-0.15, -0.1) is 11.3 Å². The van der Waals surface area contributed by atoms with E-state index in [0.29, 0.717) is 42.4 Å². The van der Waals surface area contributed by atoms with Gasteiger partial charge in [-0.3, -0.25) is 0 Å². The summed E-state index contributed by atoms with van der Waals surface area (Å²) in [5.41, 5.74) is 2.07. The molecule has 2 aromatic heterocycles. The van der Waals surface area contributed by atoms with E-state index >= 15 is 0 Å². The van der Waals surface area contributed by atoms with Crippen LogP contribution in [0.3, 0.4) is 0 Å². The number of rotatable bonds is 9. The van der Waals surface area contributed by atoms with E-state index in [0.717, 1.165) is 16.0 Å². The van der Waals surface area contributed by atoms with Crippen molar-refractivity contribution < 1.29 is 9.84 Å². The summed E-state index contributed by atoms with van der Waals surface area (Å²) >= 11 is 7.31. The number of aliphatic imine (C=N–C) groups is 1. The SMILES string of the molecule is CCNC(=NCc1ccnc(OCc2ccccc2)c1)NCC(O)c1ccc(Cl)s1. The molecule has 0 saturated carbocycles. The minimum atomic E-state index is -0.648. The van der Waals surface area contributed by atoms with Crippen molar-refractivity contribution in [3.63, 3.8) is 0 Å². The van der Waals surface area contributed by atoms with E-state index in [4.69, 9.17) is 16.3 Å². The summed E-state index contributed by atoms with van der Waals surface area (Å²) in [6, 6.07) is 17.4. The van der Waals surface area contributed by atoms with Crippen molar-refractivity contribution in [2.24, 2.45) is 4.99 Å². The molecule has 0 saturated heterocycles. The zero-order valence-electron chi connectivity index (χ0n) is 16.7. The fraction of sp³-hybridized carbons (Fsp3) is 0.273. The Hall–Kier alpha value is -2.61. The molecule has 3 rings (SSSR count). The maximum atomic E-state index is 10.3. The van der Waals surface area contributed by atoms with Crippen LogP contribution < -0.4 is 15.4 Å². The third-order valence-electron chi connectivity index (χ3n) is 4.18. The van der Waals surface area contributed by atoms with Gasteiger partial charge in [-0.05, 0) is 36.2 Å². The average Bonchev–Trinajstić information content (AvgIpc) is 3.21. The van der Waals surface area contributed by atoms with Crippen LogP contribution in [0.2, 0.25) is 4.34 Å². The summed E-state index contributed by atoms with van der Waals surface area (Å²) in [4.78, 5) is 9.68. The molecule has 3 aromatic rings. The van der Waals surface area contributed by atoms with Gasteiger partial charge in [0.05, 0.1) is 10.9 Å². The Morgan fingerprint density at radius 1 is 1.17 bits per heavy atom. The van der Waals surface area contributed by atoms with Gasteiger partial charge in [0.1, 0.15) is 12.7 Å². The molecule has 1 aromatic carbocycles. The van der Waals surface area contributed by atoms with Gasteiger partial charge in [-0.2, -0.15) is 0 Å². The molecule has 3 N–H and O–H groups in total. The number of hydrogen-bond donors (Lipinski definition) is 3. The Kier molecular flexibility index (Phi) is 8.50. The zero-order valence-corrected chi connectivity index (χ0v) is 18.3. The number of benzene rings is 1. The minimum absolute atomic E-state index is 0.338. The Morgan fingerprint density at radius 3 is 2.73 bits per heavy atom. The van der Waals surface area contributed by atoms with Crippen molar-refractivity contribution in [1.82, 2.24) is 15.6 Å². The number of nitrogens with zero attached hydrogens (tertiary/aromatic N) is 2. The highest BCUT2D eigenvalue weighted by atomic mass is 35.5. The molecule has 0 amide bonds. The van der Waals surface area contributed by atoms with Crippen molar-refractivity contribution in [3.05, 3.63) is 81.1 Å². The van der Waals surface area contributed by atoms with Gasteiger partial charge in [0.25, 0.3) is 0 Å². The van der Waals surface area contributed by atoms with Crippen molar-refractivity contribution in [3.8, 4) is 5.88 Å². The third kappa shape index (κ3) is 7.02. The van der Waals surface area contributed by atoms with Gasteiger partial charge in [-0.25, -0.2) is 9.98 Å². The van der Waals surface area contributed by atoms with E-state index in [1.54, 1.807) is 12.3 Å². The van der Waals surface area contributed by atoms with Crippen LogP contribution in [-0.2, 0) is 13.2 Å². The van der Waals surface area contributed by atoms with E-state index in [-0.39, 0.29) is 0 Å². The van der Waals surface area contributed by atoms with Crippen molar-refractivity contribution in [2.75, 3.05) is 13.1 Å². The van der Waals surface area contributed by atoms with E-state index < -0.39 is 6.10 Å². The zero-order chi connectivity index (χ0) is 21.2. The van der Waals surface area contributed by atoms with E-state index in [2.05, 4.69) is 20.6 Å². The summed E-state index contributed by atoms with van der Waals surface area (Å²) in [6.07, 6.45) is 1.07. The van der Waals surface area contributed by atoms with Crippen LogP contribution in [0.15, 0.2) is 65.8 Å². The average molecular weight is 445 g/mol. The van der Waals surface area contributed by atoms with Crippen LogP contribution in [0.25, 0.3) is 0 Å². The van der Waals surface area contributed by atoms with E-state index in [1.165, 1.54) is 11.3 Å². The first kappa shape index (κ1) is 22.1. The summed E-state index contributed by atoms with van der Waals surface area (Å²) in [5.74, 6) is 1.19. The number of hydrogen-bond acceptors (Lipinski definition) is 5. The van der Waals surface area contributed by atoms with Crippen LogP contribution in [0, 0.1) is 0 Å². The predicted molar refractivity (Wildman–Crippen MR) is 122 cm³/mol. The molecule has 0 fully saturated rings. The number of aliphatic hydroxyl groups excluding tert-OH is 1. The Labute approximate surface area is 185 Å². The van der Waals surface area contributed by atoms with E-state index in [9.17, 15) is 5.11 Å². The molecule has 0 spiro atoms. The summed E-state index contributed by atoms with van der Waals surface area (Å²) in [5, 5.41) is 16.7. The molecule has 0 radical (unpaired) electrons. The van der Waals surface area contributed by atoms with Crippen LogP contribution in [0.1, 0.15) is 29.0 Å². The Bertz CT molecular complexity index is 949. The lowest BCUT2D eigenvalue weighted by atomic mass is 10.2. The molecule has 0 aliphatic rings. The summed E-state index contributed by atoms with van der Waals surface area (Å²) < 4.78 is 6.44. The molecule has 2 heterocycles. The summed E-state index contributed by atoms with van der Waals surface area (Å²) in [6.45, 7) is 3.98. The topological polar surface area (TPSA) is 78.8 Å². The lowest BCUT2D eigenvalue weighted by Crippen LogP contribution is -2.39. The molecule has 0 bridgehead atoms. The lowest BCUT2D eigenvalue weighted by Gasteiger charge is -2.14. The van der Waals surface area contributed by atoms with Crippen molar-refractivity contribution in [2.45, 2.75) is 26.2 Å². The first-order valence-corrected chi connectivity index (χ1v) is 10.9. The van der Waals surface area contributed by atoms with Crippen LogP contribution in [0.5, 0.6) is 5.88 Å². The highest BCUT2D eigenvalue weighted by Crippen LogP contribution is 2.26. The second-order valence-electron chi connectivity index (χ2n) is 6.51. The lowest BCUT2D eigenvalue weighted by molar-refractivity contribution is 0.184. The normalized spacial score (nSPS) is 12.4. The maximum absolute atomic E-state index is 10.3. The van der Waals surface area contributed by atoms with Gasteiger partial charge < -0.3 is 20.5 Å². The molecule has 158 valence electrons. The van der Waals surface area contributed by atoms with Gasteiger partial charge in [0, 0.05) is 30.2 Å². The molecule has 6 nitrogen and oxygen atoms in total. The van der Waals surface area contributed by atoms with E-state index in [1.807, 2.05) is 55.5 Å². The second-order valence-corrected chi connectivity index (χ2v) is 8.26. The monoisotopic (exact) mass is 444 g/mol. The number of guanidine groups is 1. The molecule has 1 atom stereocenters. The van der Waals surface area contributed by atoms with Crippen LogP contribution >= 0.6 is 22.9 Å². The molecular weight excluding hydrogens is 420 g/mol. The second kappa shape index (κ2) is 11.5. The first-order chi connectivity index (χ1) is 14.6. The highest BCUT2D eigenvalue weighted by Gasteiger charge is 2.11. The van der Waals surface area contributed by atoms with Crippen molar-refractivity contribution >= 4 is 28.9 Å². The number of pyridine rings is 1. The third-order valence-corrected chi connectivity index (χ3v) is 5.51. The predicted octanol–water partition coefficient (Wildman–Crippen LogP) is 4.16. The number of halogens is 1. The number of ether oxygens (including phenoxy) is 1. The van der Waals surface area contributed by atoms with Crippen LogP contribution in [-0.4, -0.2) is 29.1 Å². The largest absolute Gasteiger partial charge is 0.473 e. The molecule has 1 unspecified atom stereocenters. The van der Waals surface area contributed by atoms with Crippen molar-refractivity contribution in [1.29, 1.82) is 0 Å². The number of nitrogens with one attached hydrogen (secondary N) is 2. The maximum Gasteiger partial charge on any atom is 0.213 e. The smallest absolute Gasteiger partial charge is 0.213 e. The number of aromatic nitrogens is 1. The molecular formula is C22H25ClN4O2S. The Morgan fingerprint density at radius 2 is 2.00 bits per heavy atom. The Balaban J connectivity index is 1.55. The molecule has 0 aliphatic heterocycles. The number of thiophene rings is 1. The molecule has 30 heavy (non-hydrogen) atoms. The molecule has 8 heteroatoms. The number of aliphatic hydroxyl groups is 1. The summed E-state index contributed by atoms with van der Waals surface area (Å²) in [7, 11) is 0. The first-order valence-electron chi connectivity index (χ1n) is 9.71. The standard InChI is InChI=1S/C22H25ClN4O2S/c1-2-24-22(27-14-18(28)19-8-9-20(23)30-19)26-13-17-10-11-25-21(12-17)29-15-16-6-4-3-5-7-16/h3-12,18,28H,2,13-15H2,1H3,(H2,24,26,27). The van der Waals surface area contributed by atoms with Gasteiger partial charge in [-0.1, -0.05) is 41.9 Å². The fourth-order valence-corrected chi connectivity index (χ4v) is 3.72. The van der Waals surface area contributed by atoms with Gasteiger partial charge >= 0.3 is 0 Å².